The lowest BCUT2D eigenvalue weighted by Crippen LogP contribution is -2.25. The number of carbonyl (C=O) groups is 2. The highest BCUT2D eigenvalue weighted by Gasteiger charge is 2.06. The van der Waals surface area contributed by atoms with Crippen LogP contribution in [0.25, 0.3) is 6.08 Å². The molecule has 26 heavy (non-hydrogen) atoms. The van der Waals surface area contributed by atoms with Gasteiger partial charge in [0.05, 0.1) is 0 Å². The monoisotopic (exact) mass is 372 g/mol. The number of hydrogen-bond donors (Lipinski definition) is 2. The van der Waals surface area contributed by atoms with E-state index in [9.17, 15) is 9.59 Å². The van der Waals surface area contributed by atoms with E-state index in [0.29, 0.717) is 29.4 Å². The topological polar surface area (TPSA) is 67.4 Å². The van der Waals surface area contributed by atoms with Crippen molar-refractivity contribution in [2.75, 3.05) is 25.6 Å². The first-order chi connectivity index (χ1) is 12.6. The van der Waals surface area contributed by atoms with Gasteiger partial charge in [-0.05, 0) is 42.3 Å². The zero-order chi connectivity index (χ0) is 18.8. The third kappa shape index (κ3) is 6.35. The molecule has 0 unspecified atom stereocenters. The van der Waals surface area contributed by atoms with Crippen LogP contribution in [0.15, 0.2) is 54.6 Å². The molecule has 0 saturated heterocycles. The van der Waals surface area contributed by atoms with Crippen LogP contribution in [0.1, 0.15) is 22.3 Å². The van der Waals surface area contributed by atoms with Crippen molar-refractivity contribution in [2.45, 2.75) is 6.42 Å². The summed E-state index contributed by atoms with van der Waals surface area (Å²) >= 11 is 6.05. The van der Waals surface area contributed by atoms with Crippen molar-refractivity contribution in [1.82, 2.24) is 5.32 Å². The number of amides is 2. The van der Waals surface area contributed by atoms with Crippen LogP contribution in [0.5, 0.6) is 0 Å². The summed E-state index contributed by atoms with van der Waals surface area (Å²) in [5.41, 5.74) is 1.78. The van der Waals surface area contributed by atoms with E-state index < -0.39 is 0 Å². The van der Waals surface area contributed by atoms with Gasteiger partial charge in [-0.15, -0.1) is 0 Å². The molecule has 136 valence electrons. The molecule has 2 aromatic carbocycles. The second kappa shape index (κ2) is 10.4. The van der Waals surface area contributed by atoms with Crippen LogP contribution in [0.4, 0.5) is 5.69 Å². The van der Waals surface area contributed by atoms with Crippen molar-refractivity contribution in [1.29, 1.82) is 0 Å². The first-order valence-corrected chi connectivity index (χ1v) is 8.59. The lowest BCUT2D eigenvalue weighted by Gasteiger charge is -2.07. The van der Waals surface area contributed by atoms with Gasteiger partial charge in [-0.25, -0.2) is 0 Å². The predicted molar refractivity (Wildman–Crippen MR) is 104 cm³/mol. The van der Waals surface area contributed by atoms with Gasteiger partial charge in [-0.3, -0.25) is 9.59 Å². The molecular formula is C20H21ClN2O3. The minimum atomic E-state index is -0.303. The van der Waals surface area contributed by atoms with Crippen molar-refractivity contribution in [3.05, 3.63) is 70.8 Å². The number of halogens is 1. The number of anilines is 1. The fourth-order valence-corrected chi connectivity index (χ4v) is 2.42. The van der Waals surface area contributed by atoms with Gasteiger partial charge in [-0.2, -0.15) is 0 Å². The highest BCUT2D eigenvalue weighted by atomic mass is 35.5. The predicted octanol–water partition coefficient (Wildman–Crippen LogP) is 3.76. The second-order valence-electron chi connectivity index (χ2n) is 5.53. The van der Waals surface area contributed by atoms with Crippen LogP contribution in [0.2, 0.25) is 5.02 Å². The maximum absolute atomic E-state index is 12.1. The zero-order valence-electron chi connectivity index (χ0n) is 14.5. The van der Waals surface area contributed by atoms with Crippen LogP contribution >= 0.6 is 11.6 Å². The third-order valence-electron chi connectivity index (χ3n) is 3.52. The molecular weight excluding hydrogens is 352 g/mol. The fraction of sp³-hybridized carbons (Fsp3) is 0.200. The SMILES string of the molecule is COCCCNC(=O)c1cccc(NC(=O)/C=C/c2ccccc2Cl)c1. The maximum atomic E-state index is 12.1. The Morgan fingerprint density at radius 2 is 1.96 bits per heavy atom. The average molecular weight is 373 g/mol. The summed E-state index contributed by atoms with van der Waals surface area (Å²) in [5.74, 6) is -0.494. The molecule has 0 aliphatic heterocycles. The molecule has 0 saturated carbocycles. The smallest absolute Gasteiger partial charge is 0.251 e. The molecule has 0 fully saturated rings. The molecule has 0 spiro atoms. The Bertz CT molecular complexity index is 790. The number of ether oxygens (including phenoxy) is 1. The number of carbonyl (C=O) groups excluding carboxylic acids is 2. The van der Waals surface area contributed by atoms with E-state index in [2.05, 4.69) is 10.6 Å². The molecule has 0 aliphatic rings. The Balaban J connectivity index is 1.94. The van der Waals surface area contributed by atoms with Crippen LogP contribution in [0.3, 0.4) is 0 Å². The van der Waals surface area contributed by atoms with Crippen molar-refractivity contribution >= 4 is 35.2 Å². The van der Waals surface area contributed by atoms with Gasteiger partial charge >= 0.3 is 0 Å². The Morgan fingerprint density at radius 3 is 2.73 bits per heavy atom. The van der Waals surface area contributed by atoms with Crippen LogP contribution in [0, 0.1) is 0 Å². The summed E-state index contributed by atoms with van der Waals surface area (Å²) in [5, 5.41) is 6.11. The standard InChI is InChI=1S/C20H21ClN2O3/c1-26-13-5-12-22-20(25)16-7-4-8-17(14-16)23-19(24)11-10-15-6-2-3-9-18(15)21/h2-4,6-11,14H,5,12-13H2,1H3,(H,22,25)(H,23,24)/b11-10+. The highest BCUT2D eigenvalue weighted by molar-refractivity contribution is 6.32. The molecule has 2 rings (SSSR count). The lowest BCUT2D eigenvalue weighted by molar-refractivity contribution is -0.111. The molecule has 0 atom stereocenters. The lowest BCUT2D eigenvalue weighted by atomic mass is 10.2. The van der Waals surface area contributed by atoms with E-state index in [-0.39, 0.29) is 11.8 Å². The summed E-state index contributed by atoms with van der Waals surface area (Å²) in [6.07, 6.45) is 3.79. The molecule has 2 aromatic rings. The van der Waals surface area contributed by atoms with Crippen LogP contribution in [-0.2, 0) is 9.53 Å². The minimum absolute atomic E-state index is 0.191. The Hall–Kier alpha value is -2.63. The van der Waals surface area contributed by atoms with E-state index in [4.69, 9.17) is 16.3 Å². The number of benzene rings is 2. The van der Waals surface area contributed by atoms with Gasteiger partial charge in [-0.1, -0.05) is 35.9 Å². The van der Waals surface area contributed by atoms with E-state index in [1.165, 1.54) is 6.08 Å². The first-order valence-electron chi connectivity index (χ1n) is 8.21. The van der Waals surface area contributed by atoms with Crippen LogP contribution in [-0.4, -0.2) is 32.1 Å². The van der Waals surface area contributed by atoms with E-state index >= 15 is 0 Å². The van der Waals surface area contributed by atoms with Crippen molar-refractivity contribution < 1.29 is 14.3 Å². The summed E-state index contributed by atoms with van der Waals surface area (Å²) in [4.78, 5) is 24.2. The third-order valence-corrected chi connectivity index (χ3v) is 3.87. The normalized spacial score (nSPS) is 10.7. The number of nitrogens with one attached hydrogen (secondary N) is 2. The van der Waals surface area contributed by atoms with Gasteiger partial charge in [0, 0.05) is 42.6 Å². The molecule has 0 radical (unpaired) electrons. The zero-order valence-corrected chi connectivity index (χ0v) is 15.3. The first kappa shape index (κ1) is 19.7. The Kier molecular flexibility index (Phi) is 7.86. The van der Waals surface area contributed by atoms with Crippen molar-refractivity contribution in [2.24, 2.45) is 0 Å². The quantitative estimate of drug-likeness (QED) is 0.547. The van der Waals surface area contributed by atoms with Gasteiger partial charge in [0.2, 0.25) is 5.91 Å². The second-order valence-corrected chi connectivity index (χ2v) is 5.93. The summed E-state index contributed by atoms with van der Waals surface area (Å²) in [6, 6.07) is 14.0. The Labute approximate surface area is 158 Å². The molecule has 5 nitrogen and oxygen atoms in total. The minimum Gasteiger partial charge on any atom is -0.385 e. The highest BCUT2D eigenvalue weighted by Crippen LogP contribution is 2.16. The van der Waals surface area contributed by atoms with Crippen LogP contribution < -0.4 is 10.6 Å². The molecule has 0 aromatic heterocycles. The largest absolute Gasteiger partial charge is 0.385 e. The molecule has 0 heterocycles. The average Bonchev–Trinajstić information content (AvgIpc) is 2.64. The van der Waals surface area contributed by atoms with Gasteiger partial charge in [0.15, 0.2) is 0 Å². The number of methoxy groups -OCH3 is 1. The van der Waals surface area contributed by atoms with Gasteiger partial charge < -0.3 is 15.4 Å². The summed E-state index contributed by atoms with van der Waals surface area (Å²) in [6.45, 7) is 1.12. The Morgan fingerprint density at radius 1 is 1.15 bits per heavy atom. The molecule has 2 N–H and O–H groups in total. The summed E-state index contributed by atoms with van der Waals surface area (Å²) < 4.78 is 4.94. The van der Waals surface area contributed by atoms with Crippen molar-refractivity contribution in [3.8, 4) is 0 Å². The maximum Gasteiger partial charge on any atom is 0.251 e. The fourth-order valence-electron chi connectivity index (χ4n) is 2.22. The molecule has 6 heteroatoms. The molecule has 2 amide bonds. The molecule has 0 aliphatic carbocycles. The van der Waals surface area contributed by atoms with E-state index in [1.807, 2.05) is 18.2 Å². The number of rotatable bonds is 8. The van der Waals surface area contributed by atoms with E-state index in [0.717, 1.165) is 12.0 Å². The van der Waals surface area contributed by atoms with Crippen molar-refractivity contribution in [3.63, 3.8) is 0 Å². The van der Waals surface area contributed by atoms with Gasteiger partial charge in [0.25, 0.3) is 5.91 Å². The molecule has 0 bridgehead atoms. The van der Waals surface area contributed by atoms with Gasteiger partial charge in [0.1, 0.15) is 0 Å². The number of hydrogen-bond acceptors (Lipinski definition) is 3. The summed E-state index contributed by atoms with van der Waals surface area (Å²) in [7, 11) is 1.62. The van der Waals surface area contributed by atoms with E-state index in [1.54, 1.807) is 43.5 Å².